The van der Waals surface area contributed by atoms with Crippen LogP contribution in [0.2, 0.25) is 0 Å². The number of nitrogens with one attached hydrogen (secondary N) is 1. The lowest BCUT2D eigenvalue weighted by atomic mass is 10.2. The number of unbranched alkanes of at least 4 members (excludes halogenated alkanes) is 1. The largest absolute Gasteiger partial charge is 0.388 e. The van der Waals surface area contributed by atoms with Gasteiger partial charge in [-0.05, 0) is 33.4 Å². The minimum absolute atomic E-state index is 0.290. The quantitative estimate of drug-likeness (QED) is 0.435. The summed E-state index contributed by atoms with van der Waals surface area (Å²) >= 11 is 1.70. The lowest BCUT2D eigenvalue weighted by Gasteiger charge is -2.14. The Morgan fingerprint density at radius 2 is 2.31 bits per heavy atom. The van der Waals surface area contributed by atoms with Gasteiger partial charge >= 0.3 is 0 Å². The first-order chi connectivity index (χ1) is 7.58. The number of nitrogens with zero attached hydrogens (tertiary/aromatic N) is 2. The van der Waals surface area contributed by atoms with Crippen molar-refractivity contribution in [3.05, 3.63) is 16.1 Å². The lowest BCUT2D eigenvalue weighted by Crippen LogP contribution is -2.20. The van der Waals surface area contributed by atoms with Gasteiger partial charge in [0.15, 0.2) is 0 Å². The van der Waals surface area contributed by atoms with Gasteiger partial charge in [-0.1, -0.05) is 0 Å². The van der Waals surface area contributed by atoms with Crippen LogP contribution in [0.15, 0.2) is 5.38 Å². The third kappa shape index (κ3) is 5.23. The average molecular weight is 240 g/mol. The number of aromatic nitrogens is 1. The van der Waals surface area contributed by atoms with Gasteiger partial charge in [0.2, 0.25) is 0 Å². The van der Waals surface area contributed by atoms with Crippen LogP contribution in [0.4, 0.5) is 0 Å². The highest BCUT2D eigenvalue weighted by molar-refractivity contribution is 7.09. The van der Waals surface area contributed by atoms with E-state index in [9.17, 15) is 0 Å². The van der Waals surface area contributed by atoms with Crippen molar-refractivity contribution in [2.24, 2.45) is 5.73 Å². The molecular weight excluding hydrogens is 220 g/mol. The van der Waals surface area contributed by atoms with E-state index >= 15 is 0 Å². The molecule has 1 aromatic heterocycles. The van der Waals surface area contributed by atoms with E-state index < -0.39 is 0 Å². The molecule has 1 aromatic rings. The number of amidine groups is 1. The summed E-state index contributed by atoms with van der Waals surface area (Å²) in [5, 5.41) is 10.4. The van der Waals surface area contributed by atoms with Gasteiger partial charge in [0, 0.05) is 18.3 Å². The van der Waals surface area contributed by atoms with E-state index in [0.717, 1.165) is 36.6 Å². The first kappa shape index (κ1) is 13.1. The predicted octanol–water partition coefficient (Wildman–Crippen LogP) is 1.99. The highest BCUT2D eigenvalue weighted by atomic mass is 32.1. The number of thiazole rings is 1. The van der Waals surface area contributed by atoms with E-state index in [2.05, 4.69) is 22.3 Å². The summed E-state index contributed by atoms with van der Waals surface area (Å²) in [4.78, 5) is 6.69. The molecule has 0 aliphatic carbocycles. The highest BCUT2D eigenvalue weighted by Crippen LogP contribution is 2.10. The van der Waals surface area contributed by atoms with Crippen LogP contribution in [0.3, 0.4) is 0 Å². The zero-order valence-electron chi connectivity index (χ0n) is 9.99. The van der Waals surface area contributed by atoms with E-state index in [1.165, 1.54) is 0 Å². The Hall–Kier alpha value is -0.940. The van der Waals surface area contributed by atoms with E-state index in [0.29, 0.717) is 6.42 Å². The zero-order valence-corrected chi connectivity index (χ0v) is 10.8. The molecule has 1 heterocycles. The molecule has 0 spiro atoms. The van der Waals surface area contributed by atoms with E-state index in [1.54, 1.807) is 11.3 Å². The molecule has 0 aliphatic heterocycles. The molecular formula is C11H20N4S. The lowest BCUT2D eigenvalue weighted by molar-refractivity contribution is 0.316. The zero-order chi connectivity index (χ0) is 12.0. The SMILES string of the molecule is Cc1nc(CN(C)CCCCC(=N)N)cs1. The number of rotatable bonds is 7. The Labute approximate surface area is 101 Å². The summed E-state index contributed by atoms with van der Waals surface area (Å²) < 4.78 is 0. The molecule has 4 nitrogen and oxygen atoms in total. The molecule has 0 saturated carbocycles. The second-order valence-corrected chi connectivity index (χ2v) is 5.14. The van der Waals surface area contributed by atoms with Crippen LogP contribution in [-0.2, 0) is 6.54 Å². The molecule has 0 atom stereocenters. The number of aryl methyl sites for hydroxylation is 1. The van der Waals surface area contributed by atoms with Crippen molar-refractivity contribution in [3.63, 3.8) is 0 Å². The van der Waals surface area contributed by atoms with Crippen LogP contribution < -0.4 is 5.73 Å². The molecule has 90 valence electrons. The van der Waals surface area contributed by atoms with Gasteiger partial charge in [0.25, 0.3) is 0 Å². The molecule has 5 heteroatoms. The Morgan fingerprint density at radius 1 is 1.56 bits per heavy atom. The number of hydrogen-bond acceptors (Lipinski definition) is 4. The summed E-state index contributed by atoms with van der Waals surface area (Å²) in [6.07, 6.45) is 2.79. The van der Waals surface area contributed by atoms with E-state index in [4.69, 9.17) is 11.1 Å². The summed E-state index contributed by atoms with van der Waals surface area (Å²) in [5.41, 5.74) is 6.45. The minimum atomic E-state index is 0.290. The third-order valence-electron chi connectivity index (χ3n) is 2.33. The highest BCUT2D eigenvalue weighted by Gasteiger charge is 2.03. The minimum Gasteiger partial charge on any atom is -0.388 e. The normalized spacial score (nSPS) is 10.9. The Kier molecular flexibility index (Phi) is 5.42. The molecule has 0 saturated heterocycles. The molecule has 0 bridgehead atoms. The standard InChI is InChI=1S/C11H20N4S/c1-9-14-10(8-16-9)7-15(2)6-4-3-5-11(12)13/h8H,3-7H2,1-2H3,(H3,12,13). The Morgan fingerprint density at radius 3 is 2.88 bits per heavy atom. The van der Waals surface area contributed by atoms with Crippen molar-refractivity contribution in [2.75, 3.05) is 13.6 Å². The average Bonchev–Trinajstić information content (AvgIpc) is 2.58. The molecule has 3 N–H and O–H groups in total. The Balaban J connectivity index is 2.16. The molecule has 1 rings (SSSR count). The summed E-state index contributed by atoms with van der Waals surface area (Å²) in [6, 6.07) is 0. The third-order valence-corrected chi connectivity index (χ3v) is 3.16. The van der Waals surface area contributed by atoms with Gasteiger partial charge in [-0.25, -0.2) is 4.98 Å². The van der Waals surface area contributed by atoms with Crippen LogP contribution in [0.25, 0.3) is 0 Å². The van der Waals surface area contributed by atoms with E-state index in [1.807, 2.05) is 6.92 Å². The Bertz CT molecular complexity index is 334. The van der Waals surface area contributed by atoms with Gasteiger partial charge in [0.05, 0.1) is 16.5 Å². The maximum absolute atomic E-state index is 7.12. The fourth-order valence-corrected chi connectivity index (χ4v) is 2.14. The first-order valence-electron chi connectivity index (χ1n) is 5.50. The topological polar surface area (TPSA) is 66.0 Å². The monoisotopic (exact) mass is 240 g/mol. The molecule has 0 aromatic carbocycles. The van der Waals surface area contributed by atoms with Gasteiger partial charge in [0.1, 0.15) is 0 Å². The van der Waals surface area contributed by atoms with Crippen molar-refractivity contribution in [2.45, 2.75) is 32.7 Å². The molecule has 0 aliphatic rings. The molecule has 0 radical (unpaired) electrons. The maximum Gasteiger partial charge on any atom is 0.0905 e. The second-order valence-electron chi connectivity index (χ2n) is 4.08. The van der Waals surface area contributed by atoms with E-state index in [-0.39, 0.29) is 5.84 Å². The van der Waals surface area contributed by atoms with Crippen molar-refractivity contribution < 1.29 is 0 Å². The molecule has 0 fully saturated rings. The molecule has 16 heavy (non-hydrogen) atoms. The van der Waals surface area contributed by atoms with Crippen molar-refractivity contribution in [3.8, 4) is 0 Å². The van der Waals surface area contributed by atoms with Crippen molar-refractivity contribution in [1.29, 1.82) is 5.41 Å². The van der Waals surface area contributed by atoms with Crippen LogP contribution in [0.1, 0.15) is 30.0 Å². The summed E-state index contributed by atoms with van der Waals surface area (Å²) in [6.45, 7) is 3.97. The van der Waals surface area contributed by atoms with Crippen LogP contribution in [0, 0.1) is 12.3 Å². The predicted molar refractivity (Wildman–Crippen MR) is 69.0 cm³/mol. The van der Waals surface area contributed by atoms with Crippen molar-refractivity contribution >= 4 is 17.2 Å². The molecule has 0 unspecified atom stereocenters. The summed E-state index contributed by atoms with van der Waals surface area (Å²) in [7, 11) is 2.10. The molecule has 0 amide bonds. The first-order valence-corrected chi connectivity index (χ1v) is 6.38. The van der Waals surface area contributed by atoms with Crippen LogP contribution in [0.5, 0.6) is 0 Å². The van der Waals surface area contributed by atoms with Gasteiger partial charge in [-0.15, -0.1) is 11.3 Å². The number of hydrogen-bond donors (Lipinski definition) is 2. The fourth-order valence-electron chi connectivity index (χ4n) is 1.53. The number of nitrogens with two attached hydrogens (primary N) is 1. The fraction of sp³-hybridized carbons (Fsp3) is 0.636. The van der Waals surface area contributed by atoms with Crippen molar-refractivity contribution in [1.82, 2.24) is 9.88 Å². The maximum atomic E-state index is 7.12. The van der Waals surface area contributed by atoms with Gasteiger partial charge < -0.3 is 10.6 Å². The van der Waals surface area contributed by atoms with Gasteiger partial charge in [-0.2, -0.15) is 0 Å². The van der Waals surface area contributed by atoms with Gasteiger partial charge in [-0.3, -0.25) is 5.41 Å². The smallest absolute Gasteiger partial charge is 0.0905 e. The summed E-state index contributed by atoms with van der Waals surface area (Å²) in [5.74, 6) is 0.290. The second kappa shape index (κ2) is 6.60. The van der Waals surface area contributed by atoms with Crippen LogP contribution in [-0.4, -0.2) is 29.3 Å². The van der Waals surface area contributed by atoms with Crippen LogP contribution >= 0.6 is 11.3 Å².